The second-order valence-electron chi connectivity index (χ2n) is 6.46. The van der Waals surface area contributed by atoms with Gasteiger partial charge in [0.15, 0.2) is 0 Å². The molecule has 0 heterocycles. The predicted molar refractivity (Wildman–Crippen MR) is 78.9 cm³/mol. The molecule has 0 unspecified atom stereocenters. The lowest BCUT2D eigenvalue weighted by Crippen LogP contribution is -2.60. The first-order chi connectivity index (χ1) is 10.1. The molecular weight excluding hydrogens is 266 g/mol. The lowest BCUT2D eigenvalue weighted by Gasteiger charge is -2.47. The van der Waals surface area contributed by atoms with Crippen LogP contribution in [0.15, 0.2) is 30.3 Å². The molecule has 0 atom stereocenters. The van der Waals surface area contributed by atoms with Gasteiger partial charge in [-0.25, -0.2) is 0 Å². The van der Waals surface area contributed by atoms with Gasteiger partial charge >= 0.3 is 5.97 Å². The summed E-state index contributed by atoms with van der Waals surface area (Å²) in [6.45, 7) is 0. The first-order valence-electron chi connectivity index (χ1n) is 7.66. The average molecular weight is 287 g/mol. The van der Waals surface area contributed by atoms with E-state index in [4.69, 9.17) is 5.11 Å². The quantitative estimate of drug-likeness (QED) is 0.875. The Morgan fingerprint density at radius 2 is 1.67 bits per heavy atom. The van der Waals surface area contributed by atoms with Crippen LogP contribution in [0.25, 0.3) is 0 Å². The first kappa shape index (κ1) is 14.1. The highest BCUT2D eigenvalue weighted by Crippen LogP contribution is 2.45. The van der Waals surface area contributed by atoms with Crippen LogP contribution in [0.5, 0.6) is 0 Å². The number of hydrogen-bond acceptors (Lipinski definition) is 2. The van der Waals surface area contributed by atoms with Gasteiger partial charge in [0.2, 0.25) is 5.91 Å². The Hall–Kier alpha value is -1.84. The molecule has 0 radical (unpaired) electrons. The van der Waals surface area contributed by atoms with E-state index in [9.17, 15) is 9.59 Å². The fourth-order valence-corrected chi connectivity index (χ4v) is 3.53. The maximum atomic E-state index is 12.8. The molecule has 4 heteroatoms. The molecule has 1 amide bonds. The molecule has 1 aromatic rings. The van der Waals surface area contributed by atoms with Gasteiger partial charge in [-0.3, -0.25) is 9.59 Å². The number of carbonyl (C=O) groups is 2. The van der Waals surface area contributed by atoms with E-state index in [1.54, 1.807) is 0 Å². The average Bonchev–Trinajstić information content (AvgIpc) is 2.35. The van der Waals surface area contributed by atoms with Crippen molar-refractivity contribution >= 4 is 11.9 Å². The van der Waals surface area contributed by atoms with E-state index in [2.05, 4.69) is 5.32 Å². The van der Waals surface area contributed by atoms with Crippen molar-refractivity contribution in [3.63, 3.8) is 0 Å². The van der Waals surface area contributed by atoms with Gasteiger partial charge in [-0.1, -0.05) is 36.8 Å². The molecule has 2 saturated carbocycles. The topological polar surface area (TPSA) is 66.4 Å². The van der Waals surface area contributed by atoms with Crippen LogP contribution in [0.1, 0.15) is 50.5 Å². The molecule has 0 aliphatic heterocycles. The second-order valence-corrected chi connectivity index (χ2v) is 6.46. The zero-order chi connectivity index (χ0) is 14.9. The Bertz CT molecular complexity index is 544. The first-order valence-corrected chi connectivity index (χ1v) is 7.66. The van der Waals surface area contributed by atoms with E-state index in [1.165, 1.54) is 0 Å². The minimum Gasteiger partial charge on any atom is -0.481 e. The number of nitrogens with one attached hydrogen (secondary N) is 1. The minimum atomic E-state index is -0.836. The number of rotatable bonds is 5. The highest BCUT2D eigenvalue weighted by molar-refractivity contribution is 5.90. The van der Waals surface area contributed by atoms with Crippen LogP contribution in [0.3, 0.4) is 0 Å². The van der Waals surface area contributed by atoms with Crippen molar-refractivity contribution in [2.45, 2.75) is 55.9 Å². The SMILES string of the molecule is O=C(O)CC1(NC(=O)C2(c3ccccc3)CCC2)CCC1. The number of carboxylic acids is 1. The molecule has 4 nitrogen and oxygen atoms in total. The molecule has 2 fully saturated rings. The van der Waals surface area contributed by atoms with E-state index in [0.29, 0.717) is 0 Å². The summed E-state index contributed by atoms with van der Waals surface area (Å²) in [5.74, 6) is -0.821. The second kappa shape index (κ2) is 5.17. The molecule has 2 aliphatic carbocycles. The van der Waals surface area contributed by atoms with E-state index in [0.717, 1.165) is 44.1 Å². The molecule has 0 bridgehead atoms. The van der Waals surface area contributed by atoms with Crippen LogP contribution in [-0.2, 0) is 15.0 Å². The van der Waals surface area contributed by atoms with Gasteiger partial charge in [-0.2, -0.15) is 0 Å². The van der Waals surface area contributed by atoms with Gasteiger partial charge in [0.25, 0.3) is 0 Å². The number of benzene rings is 1. The van der Waals surface area contributed by atoms with Gasteiger partial charge in [0, 0.05) is 0 Å². The summed E-state index contributed by atoms with van der Waals surface area (Å²) in [4.78, 5) is 23.9. The summed E-state index contributed by atoms with van der Waals surface area (Å²) in [5.41, 5.74) is 0.0985. The smallest absolute Gasteiger partial charge is 0.305 e. The highest BCUT2D eigenvalue weighted by Gasteiger charge is 2.49. The van der Waals surface area contributed by atoms with Crippen molar-refractivity contribution in [1.29, 1.82) is 0 Å². The normalized spacial score (nSPS) is 21.7. The number of hydrogen-bond donors (Lipinski definition) is 2. The van der Waals surface area contributed by atoms with Crippen molar-refractivity contribution < 1.29 is 14.7 Å². The van der Waals surface area contributed by atoms with E-state index >= 15 is 0 Å². The molecular formula is C17H21NO3. The summed E-state index contributed by atoms with van der Waals surface area (Å²) in [6.07, 6.45) is 5.33. The third-order valence-corrected chi connectivity index (χ3v) is 5.15. The fourth-order valence-electron chi connectivity index (χ4n) is 3.53. The van der Waals surface area contributed by atoms with Crippen LogP contribution < -0.4 is 5.32 Å². The Kier molecular flexibility index (Phi) is 3.47. The zero-order valence-electron chi connectivity index (χ0n) is 12.1. The minimum absolute atomic E-state index is 0.0147. The summed E-state index contributed by atoms with van der Waals surface area (Å²) < 4.78 is 0. The molecule has 0 saturated heterocycles. The lowest BCUT2D eigenvalue weighted by molar-refractivity contribution is -0.141. The Labute approximate surface area is 124 Å². The van der Waals surface area contributed by atoms with Gasteiger partial charge in [-0.05, 0) is 37.7 Å². The Morgan fingerprint density at radius 1 is 1.05 bits per heavy atom. The summed E-state index contributed by atoms with van der Waals surface area (Å²) in [7, 11) is 0. The highest BCUT2D eigenvalue weighted by atomic mass is 16.4. The maximum absolute atomic E-state index is 12.8. The van der Waals surface area contributed by atoms with Crippen LogP contribution in [0.4, 0.5) is 0 Å². The van der Waals surface area contributed by atoms with Gasteiger partial charge in [-0.15, -0.1) is 0 Å². The fraction of sp³-hybridized carbons (Fsp3) is 0.529. The molecule has 0 spiro atoms. The standard InChI is InChI=1S/C17H21NO3/c19-14(20)12-16(8-4-9-16)18-15(21)17(10-5-11-17)13-6-2-1-3-7-13/h1-3,6-7H,4-5,8-12H2,(H,18,21)(H,19,20). The van der Waals surface area contributed by atoms with Crippen LogP contribution >= 0.6 is 0 Å². The number of carboxylic acid groups (broad SMARTS) is 1. The maximum Gasteiger partial charge on any atom is 0.305 e. The molecule has 21 heavy (non-hydrogen) atoms. The van der Waals surface area contributed by atoms with Crippen molar-refractivity contribution in [2.24, 2.45) is 0 Å². The van der Waals surface area contributed by atoms with Crippen LogP contribution in [-0.4, -0.2) is 22.5 Å². The predicted octanol–water partition coefficient (Wildman–Crippen LogP) is 2.62. The van der Waals surface area contributed by atoms with Gasteiger partial charge in [0.1, 0.15) is 0 Å². The summed E-state index contributed by atoms with van der Waals surface area (Å²) in [6, 6.07) is 9.87. The number of amides is 1. The third-order valence-electron chi connectivity index (χ3n) is 5.15. The van der Waals surface area contributed by atoms with E-state index in [-0.39, 0.29) is 12.3 Å². The van der Waals surface area contributed by atoms with Gasteiger partial charge in [0.05, 0.1) is 17.4 Å². The molecule has 2 aliphatic rings. The molecule has 1 aromatic carbocycles. The van der Waals surface area contributed by atoms with Gasteiger partial charge < -0.3 is 10.4 Å². The lowest BCUT2D eigenvalue weighted by atomic mass is 9.63. The molecule has 3 rings (SSSR count). The Balaban J connectivity index is 1.79. The molecule has 0 aromatic heterocycles. The number of carbonyl (C=O) groups excluding carboxylic acids is 1. The van der Waals surface area contributed by atoms with Crippen molar-refractivity contribution in [3.8, 4) is 0 Å². The van der Waals surface area contributed by atoms with Crippen LogP contribution in [0.2, 0.25) is 0 Å². The van der Waals surface area contributed by atoms with E-state index in [1.807, 2.05) is 30.3 Å². The van der Waals surface area contributed by atoms with Crippen LogP contribution in [0, 0.1) is 0 Å². The van der Waals surface area contributed by atoms with Crippen molar-refractivity contribution in [1.82, 2.24) is 5.32 Å². The Morgan fingerprint density at radius 3 is 2.10 bits per heavy atom. The number of aliphatic carboxylic acids is 1. The van der Waals surface area contributed by atoms with Crippen molar-refractivity contribution in [3.05, 3.63) is 35.9 Å². The molecule has 112 valence electrons. The van der Waals surface area contributed by atoms with Crippen molar-refractivity contribution in [2.75, 3.05) is 0 Å². The summed E-state index contributed by atoms with van der Waals surface area (Å²) >= 11 is 0. The third kappa shape index (κ3) is 2.43. The molecule has 2 N–H and O–H groups in total. The largest absolute Gasteiger partial charge is 0.481 e. The monoisotopic (exact) mass is 287 g/mol. The summed E-state index contributed by atoms with van der Waals surface area (Å²) in [5, 5.41) is 12.1. The van der Waals surface area contributed by atoms with E-state index < -0.39 is 16.9 Å². The zero-order valence-corrected chi connectivity index (χ0v) is 12.1.